The number of hydrogen-bond donors (Lipinski definition) is 3. The Labute approximate surface area is 175 Å². The Kier molecular flexibility index (Phi) is 5.10. The first-order chi connectivity index (χ1) is 14.8. The predicted molar refractivity (Wildman–Crippen MR) is 107 cm³/mol. The van der Waals surface area contributed by atoms with Crippen molar-refractivity contribution in [3.05, 3.63) is 70.7 Å². The third kappa shape index (κ3) is 3.82. The Hall–Kier alpha value is -3.87. The van der Waals surface area contributed by atoms with Crippen LogP contribution in [0.3, 0.4) is 0 Å². The van der Waals surface area contributed by atoms with E-state index >= 15 is 0 Å². The van der Waals surface area contributed by atoms with Crippen LogP contribution in [-0.4, -0.2) is 15.7 Å². The number of fused-ring (bicyclic) bond motifs is 1. The number of aromatic nitrogens is 2. The number of pyridine rings is 1. The molecule has 7 nitrogen and oxygen atoms in total. The first-order valence-corrected chi connectivity index (χ1v) is 9.42. The van der Waals surface area contributed by atoms with E-state index in [1.54, 1.807) is 24.3 Å². The molecule has 3 aromatic rings. The van der Waals surface area contributed by atoms with E-state index in [0.29, 0.717) is 29.8 Å². The van der Waals surface area contributed by atoms with Gasteiger partial charge in [-0.25, -0.2) is 4.98 Å². The summed E-state index contributed by atoms with van der Waals surface area (Å²) >= 11 is 0. The molecule has 1 aliphatic carbocycles. The molecule has 1 atom stereocenters. The molecule has 0 fully saturated rings. The molecule has 10 heteroatoms. The van der Waals surface area contributed by atoms with Crippen molar-refractivity contribution < 1.29 is 17.6 Å². The van der Waals surface area contributed by atoms with Gasteiger partial charge in [-0.05, 0) is 43.0 Å². The van der Waals surface area contributed by atoms with E-state index in [4.69, 9.17) is 20.8 Å². The molecule has 2 heterocycles. The van der Waals surface area contributed by atoms with Crippen LogP contribution < -0.4 is 11.1 Å². The number of alkyl halides is 3. The molecule has 1 aliphatic rings. The number of nitrogens with one attached hydrogen (secondary N) is 2. The summed E-state index contributed by atoms with van der Waals surface area (Å²) in [4.78, 5) is 7.98. The zero-order valence-corrected chi connectivity index (χ0v) is 16.1. The smallest absolute Gasteiger partial charge is 0.418 e. The summed E-state index contributed by atoms with van der Waals surface area (Å²) in [6.45, 7) is 0. The number of nitrogens with zero attached hydrogens (tertiary/aromatic N) is 3. The highest BCUT2D eigenvalue weighted by atomic mass is 19.4. The van der Waals surface area contributed by atoms with E-state index in [0.717, 1.165) is 6.20 Å². The van der Waals surface area contributed by atoms with Crippen molar-refractivity contribution in [1.29, 1.82) is 10.7 Å². The molecule has 31 heavy (non-hydrogen) atoms. The summed E-state index contributed by atoms with van der Waals surface area (Å²) < 4.78 is 46.1. The fourth-order valence-electron chi connectivity index (χ4n) is 3.83. The Morgan fingerprint density at radius 2 is 2.13 bits per heavy atom. The topological polar surface area (TPSA) is 125 Å². The van der Waals surface area contributed by atoms with Crippen LogP contribution in [0.25, 0.3) is 0 Å². The van der Waals surface area contributed by atoms with Gasteiger partial charge in [0, 0.05) is 23.1 Å². The van der Waals surface area contributed by atoms with E-state index < -0.39 is 23.3 Å². The number of halogens is 3. The molecule has 0 bridgehead atoms. The molecule has 0 radical (unpaired) electrons. The standard InChI is InChI=1S/C21H17F3N6O/c22-21(23,24)18-11(7-25)8-29-20-13(18)2-1-3-16(20)30-12-4-5-15(26)14(6-12)19(27)17-9-28-10-31-17/h4-6,8-10,16,27,30H,1-3,26H2/t16-/m1/s1. The molecule has 0 aliphatic heterocycles. The fraction of sp³-hybridized carbons (Fsp3) is 0.238. The van der Waals surface area contributed by atoms with Gasteiger partial charge in [-0.15, -0.1) is 0 Å². The number of benzene rings is 1. The van der Waals surface area contributed by atoms with Crippen LogP contribution in [0.4, 0.5) is 24.5 Å². The SMILES string of the molecule is N#Cc1cnc2c(c1C(F)(F)F)CCC[C@H]2Nc1ccc(N)c(C(=N)c2cnco2)c1. The largest absolute Gasteiger partial charge is 0.442 e. The minimum absolute atomic E-state index is 0.0406. The van der Waals surface area contributed by atoms with Gasteiger partial charge in [0.05, 0.1) is 29.1 Å². The number of nitriles is 1. The summed E-state index contributed by atoms with van der Waals surface area (Å²) in [6, 6.07) is 6.07. The minimum atomic E-state index is -4.64. The number of rotatable bonds is 4. The van der Waals surface area contributed by atoms with Crippen LogP contribution in [0.5, 0.6) is 0 Å². The van der Waals surface area contributed by atoms with Gasteiger partial charge in [0.15, 0.2) is 12.2 Å². The number of nitrogens with two attached hydrogens (primary N) is 1. The highest BCUT2D eigenvalue weighted by molar-refractivity contribution is 6.12. The second kappa shape index (κ2) is 7.75. The molecule has 4 rings (SSSR count). The maximum atomic E-state index is 13.6. The van der Waals surface area contributed by atoms with Gasteiger partial charge in [-0.2, -0.15) is 18.4 Å². The van der Waals surface area contributed by atoms with E-state index in [-0.39, 0.29) is 29.2 Å². The number of nitrogen functional groups attached to an aromatic ring is 1. The highest BCUT2D eigenvalue weighted by Crippen LogP contribution is 2.41. The molecule has 4 N–H and O–H groups in total. The third-order valence-electron chi connectivity index (χ3n) is 5.21. The normalized spacial score (nSPS) is 15.7. The van der Waals surface area contributed by atoms with Gasteiger partial charge < -0.3 is 15.5 Å². The van der Waals surface area contributed by atoms with Gasteiger partial charge in [0.25, 0.3) is 0 Å². The van der Waals surface area contributed by atoms with Crippen LogP contribution >= 0.6 is 0 Å². The molecular weight excluding hydrogens is 409 g/mol. The number of hydrogen-bond acceptors (Lipinski definition) is 7. The van der Waals surface area contributed by atoms with Crippen LogP contribution in [-0.2, 0) is 12.6 Å². The molecule has 0 saturated carbocycles. The Balaban J connectivity index is 1.69. The maximum absolute atomic E-state index is 13.6. The monoisotopic (exact) mass is 426 g/mol. The minimum Gasteiger partial charge on any atom is -0.442 e. The van der Waals surface area contributed by atoms with E-state index in [9.17, 15) is 13.2 Å². The van der Waals surface area contributed by atoms with Crippen molar-refractivity contribution in [3.63, 3.8) is 0 Å². The molecule has 158 valence electrons. The Morgan fingerprint density at radius 3 is 2.81 bits per heavy atom. The van der Waals surface area contributed by atoms with Crippen LogP contribution in [0, 0.1) is 16.7 Å². The van der Waals surface area contributed by atoms with E-state index in [1.807, 2.05) is 0 Å². The van der Waals surface area contributed by atoms with Crippen LogP contribution in [0.2, 0.25) is 0 Å². The molecular formula is C21H17F3N6O. The van der Waals surface area contributed by atoms with Crippen molar-refractivity contribution in [1.82, 2.24) is 9.97 Å². The Morgan fingerprint density at radius 1 is 1.32 bits per heavy atom. The lowest BCUT2D eigenvalue weighted by molar-refractivity contribution is -0.138. The zero-order valence-electron chi connectivity index (χ0n) is 16.1. The van der Waals surface area contributed by atoms with Gasteiger partial charge in [-0.1, -0.05) is 0 Å². The molecule has 2 aromatic heterocycles. The first kappa shape index (κ1) is 20.4. The first-order valence-electron chi connectivity index (χ1n) is 9.42. The molecule has 0 spiro atoms. The molecule has 0 saturated heterocycles. The highest BCUT2D eigenvalue weighted by Gasteiger charge is 2.39. The van der Waals surface area contributed by atoms with Crippen LogP contribution in [0.15, 0.2) is 41.4 Å². The average molecular weight is 426 g/mol. The third-order valence-corrected chi connectivity index (χ3v) is 5.21. The lowest BCUT2D eigenvalue weighted by Crippen LogP contribution is -2.24. The summed E-state index contributed by atoms with van der Waals surface area (Å²) in [5, 5.41) is 20.6. The number of anilines is 2. The summed E-state index contributed by atoms with van der Waals surface area (Å²) in [5.74, 6) is 0.243. The molecule has 0 amide bonds. The molecule has 0 unspecified atom stereocenters. The zero-order chi connectivity index (χ0) is 22.2. The second-order valence-electron chi connectivity index (χ2n) is 7.15. The van der Waals surface area contributed by atoms with Gasteiger partial charge in [0.2, 0.25) is 0 Å². The van der Waals surface area contributed by atoms with Crippen molar-refractivity contribution in [3.8, 4) is 6.07 Å². The van der Waals surface area contributed by atoms with Crippen molar-refractivity contribution in [2.45, 2.75) is 31.5 Å². The van der Waals surface area contributed by atoms with Crippen molar-refractivity contribution in [2.75, 3.05) is 11.1 Å². The average Bonchev–Trinajstić information content (AvgIpc) is 3.28. The van der Waals surface area contributed by atoms with Crippen molar-refractivity contribution in [2.24, 2.45) is 0 Å². The lowest BCUT2D eigenvalue weighted by atomic mass is 9.86. The quantitative estimate of drug-likeness (QED) is 0.418. The second-order valence-corrected chi connectivity index (χ2v) is 7.15. The van der Waals surface area contributed by atoms with E-state index in [1.165, 1.54) is 12.6 Å². The van der Waals surface area contributed by atoms with Gasteiger partial charge in [-0.3, -0.25) is 10.4 Å². The summed E-state index contributed by atoms with van der Waals surface area (Å²) in [7, 11) is 0. The Bertz CT molecular complexity index is 1180. The maximum Gasteiger partial charge on any atom is 0.418 e. The lowest BCUT2D eigenvalue weighted by Gasteiger charge is -2.29. The summed E-state index contributed by atoms with van der Waals surface area (Å²) in [5.41, 5.74) is 6.34. The van der Waals surface area contributed by atoms with Gasteiger partial charge in [0.1, 0.15) is 11.8 Å². The van der Waals surface area contributed by atoms with Gasteiger partial charge >= 0.3 is 6.18 Å². The number of oxazole rings is 1. The fourth-order valence-corrected chi connectivity index (χ4v) is 3.83. The van der Waals surface area contributed by atoms with E-state index in [2.05, 4.69) is 15.3 Å². The van der Waals surface area contributed by atoms with Crippen molar-refractivity contribution >= 4 is 17.1 Å². The van der Waals surface area contributed by atoms with Crippen LogP contribution in [0.1, 0.15) is 52.6 Å². The summed E-state index contributed by atoms with van der Waals surface area (Å²) in [6.07, 6.45) is 0.238. The predicted octanol–water partition coefficient (Wildman–Crippen LogP) is 4.45. The molecule has 1 aromatic carbocycles.